The maximum atomic E-state index is 11.6. The van der Waals surface area contributed by atoms with Gasteiger partial charge in [0.15, 0.2) is 0 Å². The van der Waals surface area contributed by atoms with E-state index in [1.54, 1.807) is 6.20 Å². The molecule has 20 heavy (non-hydrogen) atoms. The molecule has 2 heterocycles. The molecule has 0 aliphatic carbocycles. The monoisotopic (exact) mass is 346 g/mol. The van der Waals surface area contributed by atoms with Gasteiger partial charge in [-0.25, -0.2) is 0 Å². The zero-order valence-electron chi connectivity index (χ0n) is 10.4. The second kappa shape index (κ2) is 5.78. The minimum atomic E-state index is -0.211. The fourth-order valence-electron chi connectivity index (χ4n) is 1.88. The first-order valence-corrected chi connectivity index (χ1v) is 8.64. The third-order valence-electron chi connectivity index (χ3n) is 2.88. The summed E-state index contributed by atoms with van der Waals surface area (Å²) in [6.45, 7) is 0. The summed E-state index contributed by atoms with van der Waals surface area (Å²) in [4.78, 5) is 16.0. The molecule has 0 aliphatic heterocycles. The number of nitrogens with zero attached hydrogens (tertiary/aromatic N) is 2. The number of rotatable bonds is 3. The quantitative estimate of drug-likeness (QED) is 0.731. The van der Waals surface area contributed by atoms with Gasteiger partial charge in [-0.3, -0.25) is 0 Å². The number of aromatic amines is 1. The fourth-order valence-corrected chi connectivity index (χ4v) is 4.04. The Balaban J connectivity index is 1.90. The first-order chi connectivity index (χ1) is 9.74. The summed E-state index contributed by atoms with van der Waals surface area (Å²) >= 11 is 5.98. The Labute approximate surface area is 126 Å². The molecular weight excluding hydrogens is 337 g/mol. The minimum absolute atomic E-state index is 0.0549. The van der Waals surface area contributed by atoms with Crippen molar-refractivity contribution in [3.63, 3.8) is 0 Å². The molecule has 3 rings (SSSR count). The van der Waals surface area contributed by atoms with Gasteiger partial charge in [0.05, 0.1) is 0 Å². The van der Waals surface area contributed by atoms with Crippen molar-refractivity contribution >= 4 is 42.5 Å². The van der Waals surface area contributed by atoms with Crippen LogP contribution in [-0.4, -0.2) is 30.9 Å². The zero-order chi connectivity index (χ0) is 13.9. The molecule has 0 aliphatic rings. The number of fused-ring (bicyclic) bond motifs is 1. The average Bonchev–Trinajstić information content (AvgIpc) is 2.50. The van der Waals surface area contributed by atoms with Crippen LogP contribution in [0.5, 0.6) is 0 Å². The molecule has 1 N–H and O–H groups in total. The Hall–Kier alpha value is -1.64. The Kier molecular flexibility index (Phi) is 3.85. The van der Waals surface area contributed by atoms with E-state index in [4.69, 9.17) is 11.6 Å². The van der Waals surface area contributed by atoms with Crippen molar-refractivity contribution in [1.29, 1.82) is 0 Å². The van der Waals surface area contributed by atoms with Crippen LogP contribution in [0.25, 0.3) is 10.8 Å². The van der Waals surface area contributed by atoms with Crippen LogP contribution in [0.1, 0.15) is 5.69 Å². The van der Waals surface area contributed by atoms with E-state index in [0.717, 1.165) is 10.9 Å². The van der Waals surface area contributed by atoms with Crippen molar-refractivity contribution in [3.8, 4) is 0 Å². The van der Waals surface area contributed by atoms with Gasteiger partial charge in [-0.05, 0) is 0 Å². The summed E-state index contributed by atoms with van der Waals surface area (Å²) < 4.78 is 1.20. The molecule has 0 amide bonds. The van der Waals surface area contributed by atoms with Crippen molar-refractivity contribution in [2.24, 2.45) is 0 Å². The molecule has 99 valence electrons. The van der Waals surface area contributed by atoms with Gasteiger partial charge in [0, 0.05) is 0 Å². The van der Waals surface area contributed by atoms with E-state index in [0.29, 0.717) is 15.9 Å². The van der Waals surface area contributed by atoms with Gasteiger partial charge in [0.1, 0.15) is 0 Å². The molecule has 6 heteroatoms. The molecule has 4 nitrogen and oxygen atoms in total. The Morgan fingerprint density at radius 3 is 2.90 bits per heavy atom. The van der Waals surface area contributed by atoms with E-state index >= 15 is 0 Å². The first-order valence-electron chi connectivity index (χ1n) is 5.99. The number of hydrogen-bond donors (Lipinski definition) is 1. The van der Waals surface area contributed by atoms with E-state index in [-0.39, 0.29) is 21.3 Å². The second-order valence-corrected chi connectivity index (χ2v) is 6.98. The van der Waals surface area contributed by atoms with Crippen LogP contribution in [0.2, 0.25) is 5.15 Å². The van der Waals surface area contributed by atoms with Crippen molar-refractivity contribution in [2.75, 3.05) is 0 Å². The Morgan fingerprint density at radius 2 is 2.10 bits per heavy atom. The number of pyridine rings is 1. The zero-order valence-corrected chi connectivity index (χ0v) is 13.0. The van der Waals surface area contributed by atoms with Crippen LogP contribution < -0.4 is 9.91 Å². The van der Waals surface area contributed by atoms with Crippen molar-refractivity contribution in [3.05, 3.63) is 63.8 Å². The van der Waals surface area contributed by atoms with Crippen molar-refractivity contribution in [1.82, 2.24) is 15.2 Å². The second-order valence-electron chi connectivity index (χ2n) is 4.21. The molecule has 1 radical (unpaired) electrons. The molecule has 0 bridgehead atoms. The summed E-state index contributed by atoms with van der Waals surface area (Å²) in [5.41, 5.74) is 0.875. The van der Waals surface area contributed by atoms with Crippen LogP contribution in [0.15, 0.2) is 47.4 Å². The van der Waals surface area contributed by atoms with Gasteiger partial charge in [0.25, 0.3) is 0 Å². The molecule has 2 aromatic heterocycles. The number of H-pyrrole nitrogens is 1. The SMILES string of the molecule is O=c1[nH]nc(Cl)c2cc([As]Cc3ccccn3)ccc12. The fraction of sp³-hybridized carbons (Fsp3) is 0.0714. The molecule has 0 fully saturated rings. The summed E-state index contributed by atoms with van der Waals surface area (Å²) in [5.74, 6) is 0. The summed E-state index contributed by atoms with van der Waals surface area (Å²) in [6, 6.07) is 11.7. The molecular formula is C14H10AsClN3O. The van der Waals surface area contributed by atoms with E-state index in [2.05, 4.69) is 15.2 Å². The van der Waals surface area contributed by atoms with E-state index in [1.165, 1.54) is 4.35 Å². The molecule has 3 aromatic rings. The molecule has 0 spiro atoms. The summed E-state index contributed by atoms with van der Waals surface area (Å²) in [7, 11) is 0. The van der Waals surface area contributed by atoms with Crippen molar-refractivity contribution in [2.45, 2.75) is 5.21 Å². The van der Waals surface area contributed by atoms with Crippen LogP contribution >= 0.6 is 11.6 Å². The maximum absolute atomic E-state index is 11.6. The van der Waals surface area contributed by atoms with Gasteiger partial charge in [-0.15, -0.1) is 0 Å². The normalized spacial score (nSPS) is 11.4. The third kappa shape index (κ3) is 2.76. The predicted octanol–water partition coefficient (Wildman–Crippen LogP) is 1.50. The molecule has 0 saturated heterocycles. The third-order valence-corrected chi connectivity index (χ3v) is 5.52. The topological polar surface area (TPSA) is 58.6 Å². The number of aromatic nitrogens is 3. The van der Waals surface area contributed by atoms with E-state index in [9.17, 15) is 4.79 Å². The van der Waals surface area contributed by atoms with Gasteiger partial charge < -0.3 is 0 Å². The first kappa shape index (κ1) is 13.3. The van der Waals surface area contributed by atoms with E-state index < -0.39 is 0 Å². The number of nitrogens with one attached hydrogen (secondary N) is 1. The molecule has 0 saturated carbocycles. The Morgan fingerprint density at radius 1 is 1.20 bits per heavy atom. The predicted molar refractivity (Wildman–Crippen MR) is 80.7 cm³/mol. The summed E-state index contributed by atoms with van der Waals surface area (Å²) in [5, 5.41) is 8.74. The molecule has 0 atom stereocenters. The molecule has 1 aromatic carbocycles. The average molecular weight is 347 g/mol. The van der Waals surface area contributed by atoms with Crippen molar-refractivity contribution < 1.29 is 0 Å². The van der Waals surface area contributed by atoms with Gasteiger partial charge in [-0.1, -0.05) is 0 Å². The van der Waals surface area contributed by atoms with Crippen LogP contribution in [0.4, 0.5) is 0 Å². The van der Waals surface area contributed by atoms with Gasteiger partial charge in [0.2, 0.25) is 0 Å². The molecule has 0 unspecified atom stereocenters. The van der Waals surface area contributed by atoms with E-state index in [1.807, 2.05) is 36.4 Å². The Bertz CT molecular complexity index is 804. The van der Waals surface area contributed by atoms with Crippen LogP contribution in [0.3, 0.4) is 0 Å². The van der Waals surface area contributed by atoms with Crippen LogP contribution in [0, 0.1) is 0 Å². The standard InChI is InChI=1S/C14H10AsClN3O/c16-13-12-7-9(4-5-11(12)14(20)19-18-13)15-8-10-3-1-2-6-17-10/h1-7H,8H2,(H,19,20). The number of benzene rings is 1. The number of halogens is 1. The number of hydrogen-bond acceptors (Lipinski definition) is 3. The van der Waals surface area contributed by atoms with Gasteiger partial charge in [-0.2, -0.15) is 0 Å². The van der Waals surface area contributed by atoms with Gasteiger partial charge >= 0.3 is 127 Å². The summed E-state index contributed by atoms with van der Waals surface area (Å²) in [6.07, 6.45) is 1.80. The van der Waals surface area contributed by atoms with Crippen LogP contribution in [-0.2, 0) is 5.21 Å².